The maximum atomic E-state index is 14.2. The molecule has 0 aromatic carbocycles. The molecule has 9 nitrogen and oxygen atoms in total. The Morgan fingerprint density at radius 2 is 2.18 bits per heavy atom. The maximum Gasteiger partial charge on any atom is 0.417 e. The van der Waals surface area contributed by atoms with Gasteiger partial charge in [-0.05, 0) is 36.8 Å². The van der Waals surface area contributed by atoms with Crippen molar-refractivity contribution in [1.29, 1.82) is 0 Å². The number of fused-ring (bicyclic) bond motifs is 2. The van der Waals surface area contributed by atoms with Gasteiger partial charge < -0.3 is 29.3 Å². The molecule has 1 aliphatic carbocycles. The summed E-state index contributed by atoms with van der Waals surface area (Å²) in [6, 6.07) is 1.17. The number of hydrogen-bond acceptors (Lipinski definition) is 7. The summed E-state index contributed by atoms with van der Waals surface area (Å²) in [6.45, 7) is 1.86. The average molecular weight is 551 g/mol. The quantitative estimate of drug-likeness (QED) is 0.562. The van der Waals surface area contributed by atoms with Crippen molar-refractivity contribution in [3.05, 3.63) is 29.1 Å². The zero-order chi connectivity index (χ0) is 27.8. The summed E-state index contributed by atoms with van der Waals surface area (Å²) in [5.74, 6) is 1.99. The molecule has 2 saturated heterocycles. The van der Waals surface area contributed by atoms with E-state index >= 15 is 0 Å². The third-order valence-corrected chi connectivity index (χ3v) is 8.55. The number of aromatic nitrogens is 1. The standard InChI is InChI=1S/C27H33F3N4O5/c1-3-7-39-25(36)34-14-19-10-20(32-22-5-8-38-15-23(22)37-2)11-26(19,16-34)24(35)33-6-4-21-17(13-33)9-18(12-31-21)27(28,29)30/h1,9,12,19-20,22-23,32H,4-8,10-11,13-16H2,2H3. The minimum absolute atomic E-state index is 0.0131. The van der Waals surface area contributed by atoms with Crippen LogP contribution in [0.5, 0.6) is 0 Å². The number of hydrogen-bond donors (Lipinski definition) is 1. The highest BCUT2D eigenvalue weighted by Crippen LogP contribution is 2.51. The fourth-order valence-corrected chi connectivity index (χ4v) is 6.67. The number of terminal acetylenes is 1. The lowest BCUT2D eigenvalue weighted by Crippen LogP contribution is -2.52. The van der Waals surface area contributed by atoms with E-state index in [9.17, 15) is 22.8 Å². The lowest BCUT2D eigenvalue weighted by atomic mass is 9.78. The van der Waals surface area contributed by atoms with Crippen LogP contribution in [0.25, 0.3) is 0 Å². The van der Waals surface area contributed by atoms with E-state index in [-0.39, 0.29) is 49.7 Å². The van der Waals surface area contributed by atoms with Crippen molar-refractivity contribution in [2.75, 3.05) is 46.6 Å². The Morgan fingerprint density at radius 1 is 1.36 bits per heavy atom. The van der Waals surface area contributed by atoms with Crippen LogP contribution in [0.2, 0.25) is 0 Å². The third kappa shape index (κ3) is 5.44. The molecule has 1 N–H and O–H groups in total. The molecule has 3 fully saturated rings. The first-order valence-corrected chi connectivity index (χ1v) is 13.2. The summed E-state index contributed by atoms with van der Waals surface area (Å²) in [5, 5.41) is 3.68. The first-order valence-electron chi connectivity index (χ1n) is 13.2. The van der Waals surface area contributed by atoms with Gasteiger partial charge in [-0.3, -0.25) is 9.78 Å². The number of halogens is 3. The summed E-state index contributed by atoms with van der Waals surface area (Å²) in [4.78, 5) is 34.1. The van der Waals surface area contributed by atoms with Crippen molar-refractivity contribution >= 4 is 12.0 Å². The Balaban J connectivity index is 1.37. The molecule has 4 heterocycles. The molecule has 0 radical (unpaired) electrons. The van der Waals surface area contributed by atoms with E-state index in [1.807, 2.05) is 0 Å². The van der Waals surface area contributed by atoms with E-state index in [0.29, 0.717) is 56.8 Å². The van der Waals surface area contributed by atoms with Gasteiger partial charge in [0.25, 0.3) is 0 Å². The van der Waals surface area contributed by atoms with E-state index in [1.54, 1.807) is 12.0 Å². The Labute approximate surface area is 225 Å². The minimum Gasteiger partial charge on any atom is -0.436 e. The highest BCUT2D eigenvalue weighted by atomic mass is 19.4. The normalized spacial score (nSPS) is 30.4. The van der Waals surface area contributed by atoms with Crippen LogP contribution in [0.4, 0.5) is 18.0 Å². The predicted octanol–water partition coefficient (Wildman–Crippen LogP) is 2.23. The summed E-state index contributed by atoms with van der Waals surface area (Å²) in [7, 11) is 1.65. The number of nitrogens with one attached hydrogen (secondary N) is 1. The van der Waals surface area contributed by atoms with Gasteiger partial charge in [-0.1, -0.05) is 5.92 Å². The summed E-state index contributed by atoms with van der Waals surface area (Å²) >= 11 is 0. The van der Waals surface area contributed by atoms with Crippen molar-refractivity contribution in [3.63, 3.8) is 0 Å². The molecule has 4 aliphatic rings. The van der Waals surface area contributed by atoms with Gasteiger partial charge in [0, 0.05) is 70.3 Å². The molecule has 5 unspecified atom stereocenters. The molecule has 5 rings (SSSR count). The van der Waals surface area contributed by atoms with Crippen molar-refractivity contribution in [3.8, 4) is 12.3 Å². The van der Waals surface area contributed by atoms with Crippen molar-refractivity contribution < 1.29 is 37.0 Å². The topological polar surface area (TPSA) is 93.2 Å². The Hall–Kier alpha value is -2.88. The average Bonchev–Trinajstić information content (AvgIpc) is 3.45. The number of amides is 2. The number of alkyl halides is 3. The highest BCUT2D eigenvalue weighted by molar-refractivity contribution is 5.86. The van der Waals surface area contributed by atoms with E-state index < -0.39 is 23.2 Å². The molecule has 1 saturated carbocycles. The molecule has 212 valence electrons. The molecule has 3 aliphatic heterocycles. The molecule has 12 heteroatoms. The van der Waals surface area contributed by atoms with Gasteiger partial charge in [0.2, 0.25) is 5.91 Å². The van der Waals surface area contributed by atoms with Gasteiger partial charge in [-0.2, -0.15) is 13.2 Å². The number of ether oxygens (including phenoxy) is 3. The van der Waals surface area contributed by atoms with Crippen LogP contribution in [0.15, 0.2) is 12.3 Å². The molecule has 1 aromatic rings. The highest BCUT2D eigenvalue weighted by Gasteiger charge is 2.60. The van der Waals surface area contributed by atoms with E-state index in [4.69, 9.17) is 20.6 Å². The first-order chi connectivity index (χ1) is 18.6. The molecular weight excluding hydrogens is 517 g/mol. The van der Waals surface area contributed by atoms with Crippen LogP contribution in [-0.4, -0.2) is 91.5 Å². The zero-order valence-electron chi connectivity index (χ0n) is 21.8. The second kappa shape index (κ2) is 10.9. The molecule has 2 amide bonds. The Bertz CT molecular complexity index is 1140. The summed E-state index contributed by atoms with van der Waals surface area (Å²) in [6.07, 6.45) is 3.21. The zero-order valence-corrected chi connectivity index (χ0v) is 21.8. The second-order valence-electron chi connectivity index (χ2n) is 10.8. The van der Waals surface area contributed by atoms with E-state index in [0.717, 1.165) is 18.7 Å². The van der Waals surface area contributed by atoms with Crippen molar-refractivity contribution in [1.82, 2.24) is 20.1 Å². The maximum absolute atomic E-state index is 14.2. The van der Waals surface area contributed by atoms with Gasteiger partial charge in [0.15, 0.2) is 6.61 Å². The van der Waals surface area contributed by atoms with Crippen LogP contribution in [0.1, 0.15) is 36.1 Å². The molecule has 0 spiro atoms. The van der Waals surface area contributed by atoms with Crippen LogP contribution < -0.4 is 5.32 Å². The van der Waals surface area contributed by atoms with Gasteiger partial charge in [-0.25, -0.2) is 4.79 Å². The fourth-order valence-electron chi connectivity index (χ4n) is 6.67. The molecule has 5 atom stereocenters. The largest absolute Gasteiger partial charge is 0.436 e. The van der Waals surface area contributed by atoms with Crippen molar-refractivity contribution in [2.45, 2.75) is 56.6 Å². The molecular formula is C27H33F3N4O5. The second-order valence-corrected chi connectivity index (χ2v) is 10.8. The number of carbonyl (C=O) groups excluding carboxylic acids is 2. The van der Waals surface area contributed by atoms with Gasteiger partial charge in [0.1, 0.15) is 0 Å². The number of likely N-dealkylation sites (tertiary alicyclic amines) is 1. The lowest BCUT2D eigenvalue weighted by Gasteiger charge is -2.37. The molecule has 1 aromatic heterocycles. The van der Waals surface area contributed by atoms with Gasteiger partial charge >= 0.3 is 12.3 Å². The monoisotopic (exact) mass is 550 g/mol. The van der Waals surface area contributed by atoms with Crippen molar-refractivity contribution in [2.24, 2.45) is 11.3 Å². The Morgan fingerprint density at radius 3 is 2.92 bits per heavy atom. The SMILES string of the molecule is C#CCOC(=O)N1CC2CC(NC3CCOCC3OC)CC2(C(=O)N2CCc3ncc(C(F)(F)F)cc3C2)C1. The van der Waals surface area contributed by atoms with E-state index in [2.05, 4.69) is 16.2 Å². The lowest BCUT2D eigenvalue weighted by molar-refractivity contribution is -0.143. The Kier molecular flexibility index (Phi) is 7.77. The number of methoxy groups -OCH3 is 1. The summed E-state index contributed by atoms with van der Waals surface area (Å²) < 4.78 is 56.2. The number of rotatable bonds is 5. The molecule has 39 heavy (non-hydrogen) atoms. The first kappa shape index (κ1) is 27.7. The third-order valence-electron chi connectivity index (χ3n) is 8.55. The van der Waals surface area contributed by atoms with Crippen LogP contribution >= 0.6 is 0 Å². The number of carbonyl (C=O) groups is 2. The summed E-state index contributed by atoms with van der Waals surface area (Å²) in [5.41, 5.74) is -0.738. The minimum atomic E-state index is -4.52. The van der Waals surface area contributed by atoms with Crippen LogP contribution in [0.3, 0.4) is 0 Å². The fraction of sp³-hybridized carbons (Fsp3) is 0.667. The van der Waals surface area contributed by atoms with Crippen LogP contribution in [-0.2, 0) is 38.1 Å². The van der Waals surface area contributed by atoms with Gasteiger partial charge in [-0.15, -0.1) is 6.42 Å². The predicted molar refractivity (Wildman–Crippen MR) is 132 cm³/mol. The van der Waals surface area contributed by atoms with Gasteiger partial charge in [0.05, 0.1) is 23.7 Å². The smallest absolute Gasteiger partial charge is 0.417 e. The number of pyridine rings is 1. The van der Waals surface area contributed by atoms with E-state index in [1.165, 1.54) is 4.90 Å². The molecule has 0 bridgehead atoms. The van der Waals surface area contributed by atoms with Crippen LogP contribution in [0, 0.1) is 23.7 Å². The number of nitrogens with zero attached hydrogens (tertiary/aromatic N) is 3.